The van der Waals surface area contributed by atoms with Crippen LogP contribution in [0.5, 0.6) is 0 Å². The molecule has 0 atom stereocenters. The quantitative estimate of drug-likeness (QED) is 0.365. The summed E-state index contributed by atoms with van der Waals surface area (Å²) in [5.41, 5.74) is 6.68. The molecule has 0 unspecified atom stereocenters. The summed E-state index contributed by atoms with van der Waals surface area (Å²) < 4.78 is 0. The van der Waals surface area contributed by atoms with Crippen LogP contribution >= 0.6 is 12.6 Å². The molecule has 0 aromatic heterocycles. The van der Waals surface area contributed by atoms with Gasteiger partial charge in [-0.25, -0.2) is 0 Å². The zero-order valence-electron chi connectivity index (χ0n) is 7.40. The molecule has 70 valence electrons. The Morgan fingerprint density at radius 1 is 1.43 bits per heavy atom. The Balaban J connectivity index is 2.70. The molecule has 0 aliphatic carbocycles. The van der Waals surface area contributed by atoms with Gasteiger partial charge < -0.3 is 11.1 Å². The number of amides is 1. The van der Waals surface area contributed by atoms with Gasteiger partial charge in [-0.15, -0.1) is 12.6 Å². The third-order valence-electron chi connectivity index (χ3n) is 1.57. The van der Waals surface area contributed by atoms with E-state index in [1.54, 1.807) is 24.3 Å². The van der Waals surface area contributed by atoms with Gasteiger partial charge in [0.15, 0.2) is 0 Å². The lowest BCUT2D eigenvalue weighted by atomic mass is 9.96. The van der Waals surface area contributed by atoms with Crippen molar-refractivity contribution < 1.29 is 4.79 Å². The topological polar surface area (TPSA) is 55.1 Å². The minimum Gasteiger partial charge on any atom is -0.394 e. The van der Waals surface area contributed by atoms with Crippen LogP contribution in [0.3, 0.4) is 0 Å². The summed E-state index contributed by atoms with van der Waals surface area (Å²) in [6.07, 6.45) is 0. The maximum Gasteiger partial charge on any atom is 0.272 e. The van der Waals surface area contributed by atoms with Gasteiger partial charge in [-0.1, -0.05) is 17.6 Å². The molecule has 3 N–H and O–H groups in total. The smallest absolute Gasteiger partial charge is 0.272 e. The van der Waals surface area contributed by atoms with Crippen LogP contribution in [0, 0.1) is 0 Å². The molecule has 0 saturated carbocycles. The SMILES string of the molecule is [B]c1ccc(NC(=O)/C(N)=C/S)cc1. The highest BCUT2D eigenvalue weighted by Crippen LogP contribution is 2.04. The number of carbonyl (C=O) groups is 1. The molecule has 2 radical (unpaired) electrons. The van der Waals surface area contributed by atoms with E-state index in [2.05, 4.69) is 17.9 Å². The van der Waals surface area contributed by atoms with E-state index >= 15 is 0 Å². The fraction of sp³-hybridized carbons (Fsp3) is 0. The van der Waals surface area contributed by atoms with Crippen molar-refractivity contribution in [1.29, 1.82) is 0 Å². The van der Waals surface area contributed by atoms with Crippen LogP contribution in [0.1, 0.15) is 0 Å². The van der Waals surface area contributed by atoms with Gasteiger partial charge in [-0.3, -0.25) is 4.79 Å². The Morgan fingerprint density at radius 3 is 2.50 bits per heavy atom. The largest absolute Gasteiger partial charge is 0.394 e. The van der Waals surface area contributed by atoms with Crippen LogP contribution in [-0.4, -0.2) is 13.8 Å². The van der Waals surface area contributed by atoms with Gasteiger partial charge in [-0.05, 0) is 17.5 Å². The van der Waals surface area contributed by atoms with E-state index in [1.165, 1.54) is 5.41 Å². The van der Waals surface area contributed by atoms with Crippen LogP contribution < -0.4 is 16.5 Å². The molecule has 0 bridgehead atoms. The lowest BCUT2D eigenvalue weighted by Gasteiger charge is -2.04. The number of rotatable bonds is 2. The van der Waals surface area contributed by atoms with Gasteiger partial charge in [0.2, 0.25) is 0 Å². The van der Waals surface area contributed by atoms with E-state index in [9.17, 15) is 4.79 Å². The molecule has 5 heteroatoms. The molecule has 0 heterocycles. The highest BCUT2D eigenvalue weighted by atomic mass is 32.1. The van der Waals surface area contributed by atoms with Gasteiger partial charge in [0, 0.05) is 5.69 Å². The third-order valence-corrected chi connectivity index (χ3v) is 1.85. The number of anilines is 1. The first-order valence-corrected chi connectivity index (χ1v) is 4.42. The zero-order valence-corrected chi connectivity index (χ0v) is 8.29. The number of benzene rings is 1. The van der Waals surface area contributed by atoms with Gasteiger partial charge in [0.1, 0.15) is 13.5 Å². The molecular formula is C9H9BN2OS. The first-order chi connectivity index (χ1) is 6.63. The summed E-state index contributed by atoms with van der Waals surface area (Å²) in [6.45, 7) is 0. The van der Waals surface area contributed by atoms with Gasteiger partial charge in [-0.2, -0.15) is 0 Å². The Hall–Kier alpha value is -1.36. The second kappa shape index (κ2) is 4.76. The standard InChI is InChI=1S/C9H9BN2OS/c10-6-1-3-7(4-2-6)12-9(13)8(11)5-14/h1-5,14H,11H2,(H,12,13)/b8-5-. The highest BCUT2D eigenvalue weighted by Gasteiger charge is 2.03. The van der Waals surface area contributed by atoms with Crippen molar-refractivity contribution in [2.45, 2.75) is 0 Å². The second-order valence-corrected chi connectivity index (χ2v) is 2.92. The number of hydrogen-bond acceptors (Lipinski definition) is 3. The molecule has 0 aliphatic heterocycles. The van der Waals surface area contributed by atoms with Gasteiger partial charge in [0.05, 0.1) is 0 Å². The Kier molecular flexibility index (Phi) is 3.65. The summed E-state index contributed by atoms with van der Waals surface area (Å²) in [7, 11) is 5.48. The molecule has 1 rings (SSSR count). The Bertz CT molecular complexity index is 362. The summed E-state index contributed by atoms with van der Waals surface area (Å²) in [5, 5.41) is 3.83. The predicted octanol–water partition coefficient (Wildman–Crippen LogP) is 0.149. The van der Waals surface area contributed by atoms with Crippen molar-refractivity contribution in [1.82, 2.24) is 0 Å². The molecule has 14 heavy (non-hydrogen) atoms. The molecule has 3 nitrogen and oxygen atoms in total. The number of thiol groups is 1. The molecule has 0 spiro atoms. The Labute approximate surface area is 89.2 Å². The average molecular weight is 204 g/mol. The lowest BCUT2D eigenvalue weighted by Crippen LogP contribution is -2.19. The molecule has 0 aliphatic rings. The minimum atomic E-state index is -0.384. The number of hydrogen-bond donors (Lipinski definition) is 3. The van der Waals surface area contributed by atoms with E-state index in [-0.39, 0.29) is 11.6 Å². The first kappa shape index (κ1) is 10.7. The predicted molar refractivity (Wildman–Crippen MR) is 61.7 cm³/mol. The summed E-state index contributed by atoms with van der Waals surface area (Å²) in [6, 6.07) is 6.77. The van der Waals surface area contributed by atoms with E-state index in [0.29, 0.717) is 11.2 Å². The van der Waals surface area contributed by atoms with Crippen molar-refractivity contribution >= 4 is 37.5 Å². The first-order valence-electron chi connectivity index (χ1n) is 3.90. The fourth-order valence-corrected chi connectivity index (χ4v) is 0.946. The number of nitrogens with two attached hydrogens (primary N) is 1. The monoisotopic (exact) mass is 204 g/mol. The molecule has 1 aromatic carbocycles. The van der Waals surface area contributed by atoms with Crippen LogP contribution in [0.2, 0.25) is 0 Å². The van der Waals surface area contributed by atoms with E-state index in [0.717, 1.165) is 0 Å². The zero-order chi connectivity index (χ0) is 10.6. The van der Waals surface area contributed by atoms with E-state index < -0.39 is 0 Å². The minimum absolute atomic E-state index is 0.0603. The molecule has 1 amide bonds. The normalized spacial score (nSPS) is 11.1. The van der Waals surface area contributed by atoms with Crippen molar-refractivity contribution in [3.05, 3.63) is 35.4 Å². The van der Waals surface area contributed by atoms with Gasteiger partial charge in [0.25, 0.3) is 5.91 Å². The maximum absolute atomic E-state index is 11.2. The highest BCUT2D eigenvalue weighted by molar-refractivity contribution is 7.83. The lowest BCUT2D eigenvalue weighted by molar-refractivity contribution is -0.112. The van der Waals surface area contributed by atoms with E-state index in [1.807, 2.05) is 0 Å². The van der Waals surface area contributed by atoms with Crippen molar-refractivity contribution in [3.8, 4) is 0 Å². The van der Waals surface area contributed by atoms with Crippen LogP contribution in [0.15, 0.2) is 35.4 Å². The molecule has 1 aromatic rings. The fourth-order valence-electron chi connectivity index (χ4n) is 0.828. The van der Waals surface area contributed by atoms with Crippen LogP contribution in [0.25, 0.3) is 0 Å². The summed E-state index contributed by atoms with van der Waals surface area (Å²) in [4.78, 5) is 11.2. The van der Waals surface area contributed by atoms with Crippen LogP contribution in [0.4, 0.5) is 5.69 Å². The van der Waals surface area contributed by atoms with E-state index in [4.69, 9.17) is 13.6 Å². The third kappa shape index (κ3) is 2.85. The second-order valence-electron chi connectivity index (χ2n) is 2.66. The molecule has 0 fully saturated rings. The maximum atomic E-state index is 11.2. The summed E-state index contributed by atoms with van der Waals surface area (Å²) in [5.74, 6) is -0.384. The van der Waals surface area contributed by atoms with Gasteiger partial charge >= 0.3 is 0 Å². The number of carbonyl (C=O) groups excluding carboxylic acids is 1. The Morgan fingerprint density at radius 2 is 2.00 bits per heavy atom. The summed E-state index contributed by atoms with van der Waals surface area (Å²) >= 11 is 3.77. The van der Waals surface area contributed by atoms with Crippen molar-refractivity contribution in [2.24, 2.45) is 5.73 Å². The molecular weight excluding hydrogens is 195 g/mol. The number of nitrogens with one attached hydrogen (secondary N) is 1. The average Bonchev–Trinajstić information content (AvgIpc) is 2.20. The van der Waals surface area contributed by atoms with Crippen molar-refractivity contribution in [3.63, 3.8) is 0 Å². The van der Waals surface area contributed by atoms with Crippen LogP contribution in [-0.2, 0) is 4.79 Å². The molecule has 0 saturated heterocycles. The van der Waals surface area contributed by atoms with Crippen molar-refractivity contribution in [2.75, 3.05) is 5.32 Å².